The number of hydrogen-bond donors (Lipinski definition) is 3. The Hall–Kier alpha value is -4.77. The minimum absolute atomic E-state index is 0.0967. The van der Waals surface area contributed by atoms with Crippen LogP contribution in [0.2, 0.25) is 0 Å². The number of aromatic nitrogens is 3. The monoisotopic (exact) mass is 581 g/mol. The van der Waals surface area contributed by atoms with E-state index < -0.39 is 11.8 Å². The highest BCUT2D eigenvalue weighted by Crippen LogP contribution is 2.34. The number of anilines is 4. The Morgan fingerprint density at radius 3 is 2.12 bits per heavy atom. The topological polar surface area (TPSA) is 119 Å². The number of benzene rings is 3. The first-order valence-electron chi connectivity index (χ1n) is 14.9. The molecule has 1 aliphatic heterocycles. The van der Waals surface area contributed by atoms with E-state index >= 15 is 0 Å². The molecule has 0 saturated carbocycles. The zero-order chi connectivity index (χ0) is 30.3. The SMILES string of the molecule is CCN(CC)CCNc1ccc2c3c(cccc13)C(=O)N(Nc1nc(NCc3ccccc3)nc(N(CC)CC)n1)C2=O. The van der Waals surface area contributed by atoms with Crippen LogP contribution in [0.3, 0.4) is 0 Å². The highest BCUT2D eigenvalue weighted by atomic mass is 16.2. The number of amides is 2. The molecule has 0 unspecified atom stereocenters. The number of hydrazine groups is 1. The Balaban J connectivity index is 1.42. The summed E-state index contributed by atoms with van der Waals surface area (Å²) in [5.74, 6) is -0.0561. The van der Waals surface area contributed by atoms with Gasteiger partial charge < -0.3 is 20.4 Å². The van der Waals surface area contributed by atoms with Gasteiger partial charge in [-0.3, -0.25) is 15.0 Å². The Bertz CT molecular complexity index is 1560. The van der Waals surface area contributed by atoms with E-state index in [2.05, 4.69) is 49.8 Å². The maximum absolute atomic E-state index is 13.8. The fourth-order valence-electron chi connectivity index (χ4n) is 5.26. The van der Waals surface area contributed by atoms with Crippen molar-refractivity contribution in [2.24, 2.45) is 0 Å². The van der Waals surface area contributed by atoms with Crippen molar-refractivity contribution < 1.29 is 9.59 Å². The number of likely N-dealkylation sites (N-methyl/N-ethyl adjacent to an activating group) is 1. The van der Waals surface area contributed by atoms with Crippen molar-refractivity contribution in [3.63, 3.8) is 0 Å². The second-order valence-corrected chi connectivity index (χ2v) is 10.2. The largest absolute Gasteiger partial charge is 0.383 e. The number of imide groups is 1. The summed E-state index contributed by atoms with van der Waals surface area (Å²) in [4.78, 5) is 45.5. The van der Waals surface area contributed by atoms with Crippen molar-refractivity contribution in [1.29, 1.82) is 0 Å². The molecule has 2 heterocycles. The highest BCUT2D eigenvalue weighted by molar-refractivity contribution is 6.27. The van der Waals surface area contributed by atoms with Gasteiger partial charge in [-0.1, -0.05) is 56.3 Å². The first-order valence-corrected chi connectivity index (χ1v) is 14.9. The van der Waals surface area contributed by atoms with E-state index in [1.54, 1.807) is 12.1 Å². The Morgan fingerprint density at radius 1 is 0.721 bits per heavy atom. The van der Waals surface area contributed by atoms with Crippen molar-refractivity contribution in [1.82, 2.24) is 24.9 Å². The molecule has 0 bridgehead atoms. The minimum atomic E-state index is -0.466. The van der Waals surface area contributed by atoms with Crippen LogP contribution >= 0.6 is 0 Å². The van der Waals surface area contributed by atoms with Gasteiger partial charge in [0.1, 0.15) is 0 Å². The first kappa shape index (κ1) is 29.7. The molecular weight excluding hydrogens is 542 g/mol. The molecule has 1 aromatic heterocycles. The Morgan fingerprint density at radius 2 is 1.42 bits per heavy atom. The van der Waals surface area contributed by atoms with Gasteiger partial charge in [0, 0.05) is 49.2 Å². The molecular formula is C32H39N9O2. The van der Waals surface area contributed by atoms with Gasteiger partial charge in [-0.15, -0.1) is 0 Å². The van der Waals surface area contributed by atoms with E-state index in [4.69, 9.17) is 0 Å². The van der Waals surface area contributed by atoms with E-state index in [9.17, 15) is 9.59 Å². The average molecular weight is 582 g/mol. The van der Waals surface area contributed by atoms with Gasteiger partial charge in [-0.2, -0.15) is 20.0 Å². The molecule has 0 fully saturated rings. The van der Waals surface area contributed by atoms with Crippen LogP contribution in [-0.4, -0.2) is 75.9 Å². The van der Waals surface area contributed by atoms with Crippen LogP contribution in [0.5, 0.6) is 0 Å². The van der Waals surface area contributed by atoms with Crippen LogP contribution in [0.1, 0.15) is 54.0 Å². The number of carbonyl (C=O) groups is 2. The van der Waals surface area contributed by atoms with E-state index in [0.29, 0.717) is 48.0 Å². The zero-order valence-electron chi connectivity index (χ0n) is 25.2. The molecule has 1 aliphatic rings. The third-order valence-electron chi connectivity index (χ3n) is 7.72. The molecule has 0 atom stereocenters. The molecule has 3 N–H and O–H groups in total. The number of rotatable bonds is 14. The lowest BCUT2D eigenvalue weighted by Gasteiger charge is -2.28. The standard InChI is InChI=1S/C32H39N9O2/c1-5-39(6-2)20-19-33-26-18-17-25-27-23(26)15-12-16-24(27)28(42)41(29(25)43)38-31-35-30(34-21-22-13-10-9-11-14-22)36-32(37-31)40(7-3)8-4/h9-18,33H,5-8,19-21H2,1-4H3,(H2,34,35,36,37,38). The van der Waals surface area contributed by atoms with Crippen LogP contribution < -0.4 is 21.0 Å². The van der Waals surface area contributed by atoms with Gasteiger partial charge in [-0.25, -0.2) is 0 Å². The van der Waals surface area contributed by atoms with Crippen molar-refractivity contribution in [2.75, 3.05) is 60.2 Å². The summed E-state index contributed by atoms with van der Waals surface area (Å²) >= 11 is 0. The molecule has 224 valence electrons. The third-order valence-corrected chi connectivity index (χ3v) is 7.72. The van der Waals surface area contributed by atoms with Gasteiger partial charge >= 0.3 is 0 Å². The predicted octanol–water partition coefficient (Wildman–Crippen LogP) is 4.86. The van der Waals surface area contributed by atoms with E-state index in [1.807, 2.05) is 67.3 Å². The molecule has 43 heavy (non-hydrogen) atoms. The quantitative estimate of drug-likeness (QED) is 0.178. The molecule has 4 aromatic rings. The summed E-state index contributed by atoms with van der Waals surface area (Å²) < 4.78 is 0. The molecule has 0 spiro atoms. The Labute approximate surface area is 252 Å². The van der Waals surface area contributed by atoms with E-state index in [1.165, 1.54) is 0 Å². The molecule has 11 nitrogen and oxygen atoms in total. The zero-order valence-corrected chi connectivity index (χ0v) is 25.2. The van der Waals surface area contributed by atoms with Gasteiger partial charge in [-0.05, 0) is 50.7 Å². The molecule has 0 aliphatic carbocycles. The highest BCUT2D eigenvalue weighted by Gasteiger charge is 2.34. The van der Waals surface area contributed by atoms with Crippen molar-refractivity contribution in [3.05, 3.63) is 77.4 Å². The maximum atomic E-state index is 13.8. The smallest absolute Gasteiger partial charge is 0.280 e. The molecule has 2 amide bonds. The van der Waals surface area contributed by atoms with Gasteiger partial charge in [0.2, 0.25) is 17.8 Å². The summed E-state index contributed by atoms with van der Waals surface area (Å²) in [5, 5.41) is 9.22. The summed E-state index contributed by atoms with van der Waals surface area (Å²) in [6.45, 7) is 13.8. The van der Waals surface area contributed by atoms with Crippen molar-refractivity contribution in [3.8, 4) is 0 Å². The molecule has 11 heteroatoms. The van der Waals surface area contributed by atoms with Crippen LogP contribution in [0.15, 0.2) is 60.7 Å². The lowest BCUT2D eigenvalue weighted by molar-refractivity contribution is 0.0647. The van der Waals surface area contributed by atoms with Crippen molar-refractivity contribution >= 4 is 46.1 Å². The normalized spacial score (nSPS) is 12.6. The molecule has 0 saturated heterocycles. The van der Waals surface area contributed by atoms with E-state index in [0.717, 1.165) is 47.8 Å². The molecule has 5 rings (SSSR count). The summed E-state index contributed by atoms with van der Waals surface area (Å²) in [6.07, 6.45) is 0. The maximum Gasteiger partial charge on any atom is 0.280 e. The number of nitrogens with zero attached hydrogens (tertiary/aromatic N) is 6. The van der Waals surface area contributed by atoms with Gasteiger partial charge in [0.25, 0.3) is 11.8 Å². The van der Waals surface area contributed by atoms with Crippen molar-refractivity contribution in [2.45, 2.75) is 34.2 Å². The van der Waals surface area contributed by atoms with Crippen LogP contribution in [0.4, 0.5) is 23.5 Å². The minimum Gasteiger partial charge on any atom is -0.383 e. The first-order chi connectivity index (χ1) is 21.0. The van der Waals surface area contributed by atoms with Crippen LogP contribution in [0, 0.1) is 0 Å². The van der Waals surface area contributed by atoms with E-state index in [-0.39, 0.29) is 5.95 Å². The lowest BCUT2D eigenvalue weighted by Crippen LogP contribution is -2.44. The summed E-state index contributed by atoms with van der Waals surface area (Å²) in [7, 11) is 0. The summed E-state index contributed by atoms with van der Waals surface area (Å²) in [6, 6.07) is 19.1. The second-order valence-electron chi connectivity index (χ2n) is 10.2. The number of nitrogens with one attached hydrogen (secondary N) is 3. The number of carbonyl (C=O) groups excluding carboxylic acids is 2. The fourth-order valence-corrected chi connectivity index (χ4v) is 5.26. The predicted molar refractivity (Wildman–Crippen MR) is 172 cm³/mol. The second kappa shape index (κ2) is 13.5. The van der Waals surface area contributed by atoms with Crippen LogP contribution in [-0.2, 0) is 6.54 Å². The summed E-state index contributed by atoms with van der Waals surface area (Å²) in [5.41, 5.74) is 5.74. The van der Waals surface area contributed by atoms with Gasteiger partial charge in [0.05, 0.1) is 11.1 Å². The molecule has 3 aromatic carbocycles. The fraction of sp³-hybridized carbons (Fsp3) is 0.344. The lowest BCUT2D eigenvalue weighted by atomic mass is 9.93. The third kappa shape index (κ3) is 6.36. The molecule has 0 radical (unpaired) electrons. The number of hydrogen-bond acceptors (Lipinski definition) is 10. The van der Waals surface area contributed by atoms with Gasteiger partial charge in [0.15, 0.2) is 0 Å². The van der Waals surface area contributed by atoms with Crippen LogP contribution in [0.25, 0.3) is 10.8 Å². The Kier molecular flexibility index (Phi) is 9.31. The average Bonchev–Trinajstić information content (AvgIpc) is 3.04.